The number of hydrogen-bond acceptors (Lipinski definition) is 5. The van der Waals surface area contributed by atoms with Crippen LogP contribution in [0.4, 0.5) is 18.9 Å². The molecule has 0 fully saturated rings. The molecule has 3 heterocycles. The van der Waals surface area contributed by atoms with Gasteiger partial charge in [-0.2, -0.15) is 13.2 Å². The van der Waals surface area contributed by atoms with Crippen molar-refractivity contribution >= 4 is 33.1 Å². The molecule has 136 valence electrons. The van der Waals surface area contributed by atoms with Gasteiger partial charge in [-0.15, -0.1) is 11.3 Å². The Morgan fingerprint density at radius 3 is 2.69 bits per heavy atom. The van der Waals surface area contributed by atoms with Gasteiger partial charge in [-0.1, -0.05) is 0 Å². The van der Waals surface area contributed by atoms with Gasteiger partial charge in [0, 0.05) is 13.2 Å². The van der Waals surface area contributed by atoms with Gasteiger partial charge >= 0.3 is 6.18 Å². The lowest BCUT2D eigenvalue weighted by atomic mass is 10.2. The van der Waals surface area contributed by atoms with Crippen molar-refractivity contribution in [1.82, 2.24) is 14.5 Å². The average Bonchev–Trinajstić information content (AvgIpc) is 2.89. The number of aromatic nitrogens is 3. The second-order valence-electron chi connectivity index (χ2n) is 5.48. The number of alkyl halides is 3. The minimum atomic E-state index is -4.67. The Morgan fingerprint density at radius 1 is 1.35 bits per heavy atom. The molecule has 11 heteroatoms. The molecule has 0 unspecified atom stereocenters. The van der Waals surface area contributed by atoms with Gasteiger partial charge in [-0.3, -0.25) is 14.4 Å². The number of nitrogens with one attached hydrogen (secondary N) is 2. The molecule has 3 aromatic rings. The van der Waals surface area contributed by atoms with Crippen molar-refractivity contribution in [3.8, 4) is 0 Å². The van der Waals surface area contributed by atoms with E-state index < -0.39 is 28.9 Å². The van der Waals surface area contributed by atoms with E-state index in [0.717, 1.165) is 11.3 Å². The molecule has 0 aliphatic rings. The minimum Gasteiger partial charge on any atom is -0.327 e. The summed E-state index contributed by atoms with van der Waals surface area (Å²) in [4.78, 5) is 42.8. The van der Waals surface area contributed by atoms with E-state index in [2.05, 4.69) is 10.3 Å². The number of carbonyl (C=O) groups is 1. The number of halogens is 3. The van der Waals surface area contributed by atoms with Crippen LogP contribution in [0.15, 0.2) is 28.2 Å². The summed E-state index contributed by atoms with van der Waals surface area (Å²) in [6.07, 6.45) is -2.84. The van der Waals surface area contributed by atoms with Gasteiger partial charge in [0.1, 0.15) is 10.5 Å². The van der Waals surface area contributed by atoms with E-state index in [-0.39, 0.29) is 15.8 Å². The van der Waals surface area contributed by atoms with Crippen molar-refractivity contribution in [3.05, 3.63) is 55.3 Å². The molecule has 7 nitrogen and oxygen atoms in total. The van der Waals surface area contributed by atoms with Crippen molar-refractivity contribution in [1.29, 1.82) is 0 Å². The average molecular weight is 384 g/mol. The Kier molecular flexibility index (Phi) is 4.18. The summed E-state index contributed by atoms with van der Waals surface area (Å²) in [5.41, 5.74) is -2.52. The van der Waals surface area contributed by atoms with Gasteiger partial charge in [0.05, 0.1) is 22.2 Å². The molecule has 0 aromatic carbocycles. The number of H-pyrrole nitrogens is 1. The molecular weight excluding hydrogens is 373 g/mol. The lowest BCUT2D eigenvalue weighted by Crippen LogP contribution is -2.21. The predicted octanol–water partition coefficient (Wildman–Crippen LogP) is 2.26. The molecule has 3 aromatic heterocycles. The lowest BCUT2D eigenvalue weighted by molar-refractivity contribution is -0.137. The Hall–Kier alpha value is -2.95. The molecule has 0 aliphatic carbocycles. The van der Waals surface area contributed by atoms with Crippen molar-refractivity contribution in [2.24, 2.45) is 7.05 Å². The third-order valence-electron chi connectivity index (χ3n) is 3.70. The highest BCUT2D eigenvalue weighted by atomic mass is 32.1. The maximum absolute atomic E-state index is 12.8. The van der Waals surface area contributed by atoms with Crippen LogP contribution in [0.25, 0.3) is 10.2 Å². The smallest absolute Gasteiger partial charge is 0.327 e. The summed E-state index contributed by atoms with van der Waals surface area (Å²) >= 11 is 0.919. The van der Waals surface area contributed by atoms with Crippen LogP contribution < -0.4 is 16.4 Å². The second kappa shape index (κ2) is 6.09. The number of nitrogens with zero attached hydrogens (tertiary/aromatic N) is 2. The van der Waals surface area contributed by atoms with Crippen molar-refractivity contribution < 1.29 is 18.0 Å². The van der Waals surface area contributed by atoms with Gasteiger partial charge in [-0.25, -0.2) is 4.98 Å². The molecule has 3 rings (SSSR count). The summed E-state index contributed by atoms with van der Waals surface area (Å²) in [5, 5.41) is 2.42. The first-order chi connectivity index (χ1) is 12.1. The van der Waals surface area contributed by atoms with E-state index >= 15 is 0 Å². The highest BCUT2D eigenvalue weighted by Gasteiger charge is 2.31. The van der Waals surface area contributed by atoms with Gasteiger partial charge in [-0.05, 0) is 18.6 Å². The van der Waals surface area contributed by atoms with E-state index in [1.54, 1.807) is 0 Å². The Bertz CT molecular complexity index is 1140. The van der Waals surface area contributed by atoms with E-state index in [0.29, 0.717) is 22.7 Å². The van der Waals surface area contributed by atoms with E-state index in [1.165, 1.54) is 24.9 Å². The number of hydrogen-bond donors (Lipinski definition) is 2. The fourth-order valence-electron chi connectivity index (χ4n) is 2.34. The summed E-state index contributed by atoms with van der Waals surface area (Å²) in [7, 11) is 1.51. The first-order valence-electron chi connectivity index (χ1n) is 7.15. The van der Waals surface area contributed by atoms with Crippen molar-refractivity contribution in [3.63, 3.8) is 0 Å². The number of rotatable bonds is 2. The number of aryl methyl sites for hydroxylation is 2. The highest BCUT2D eigenvalue weighted by molar-refractivity contribution is 7.20. The van der Waals surface area contributed by atoms with Crippen LogP contribution in [0.5, 0.6) is 0 Å². The third-order valence-corrected chi connectivity index (χ3v) is 4.89. The lowest BCUT2D eigenvalue weighted by Gasteiger charge is -2.09. The number of fused-ring (bicyclic) bond motifs is 1. The minimum absolute atomic E-state index is 0.0904. The van der Waals surface area contributed by atoms with Crippen LogP contribution in [-0.2, 0) is 13.2 Å². The Balaban J connectivity index is 2.03. The summed E-state index contributed by atoms with van der Waals surface area (Å²) in [6.45, 7) is 1.53. The number of aromatic amines is 1. The zero-order chi connectivity index (χ0) is 19.2. The molecule has 2 N–H and O–H groups in total. The zero-order valence-electron chi connectivity index (χ0n) is 13.4. The summed E-state index contributed by atoms with van der Waals surface area (Å²) in [6, 6.07) is 0.552. The fourth-order valence-corrected chi connectivity index (χ4v) is 3.38. The molecule has 0 aliphatic heterocycles. The van der Waals surface area contributed by atoms with E-state index in [1.807, 2.05) is 4.98 Å². The normalized spacial score (nSPS) is 11.7. The van der Waals surface area contributed by atoms with Crippen LogP contribution >= 0.6 is 11.3 Å². The van der Waals surface area contributed by atoms with Gasteiger partial charge in [0.15, 0.2) is 0 Å². The highest BCUT2D eigenvalue weighted by Crippen LogP contribution is 2.30. The first-order valence-corrected chi connectivity index (χ1v) is 7.97. The molecule has 0 saturated heterocycles. The van der Waals surface area contributed by atoms with E-state index in [4.69, 9.17) is 0 Å². The van der Waals surface area contributed by atoms with Crippen LogP contribution in [0.3, 0.4) is 0 Å². The van der Waals surface area contributed by atoms with Gasteiger partial charge in [0.25, 0.3) is 17.0 Å². The third kappa shape index (κ3) is 3.01. The summed E-state index contributed by atoms with van der Waals surface area (Å²) in [5.74, 6) is -0.794. The Morgan fingerprint density at radius 2 is 2.04 bits per heavy atom. The first kappa shape index (κ1) is 17.9. The van der Waals surface area contributed by atoms with Gasteiger partial charge < -0.3 is 14.9 Å². The molecule has 1 amide bonds. The number of anilines is 1. The maximum atomic E-state index is 12.8. The van der Waals surface area contributed by atoms with E-state index in [9.17, 15) is 27.6 Å². The number of pyridine rings is 1. The fraction of sp³-hybridized carbons (Fsp3) is 0.200. The molecule has 0 spiro atoms. The topological polar surface area (TPSA) is 96.8 Å². The van der Waals surface area contributed by atoms with Crippen LogP contribution in [-0.4, -0.2) is 20.4 Å². The number of carbonyl (C=O) groups excluding carboxylic acids is 1. The van der Waals surface area contributed by atoms with Crippen molar-refractivity contribution in [2.75, 3.05) is 5.32 Å². The quantitative estimate of drug-likeness (QED) is 0.708. The zero-order valence-corrected chi connectivity index (χ0v) is 14.2. The molecule has 0 saturated carbocycles. The molecule has 0 bridgehead atoms. The standard InChI is InChI=1S/C15H11F3N4O3S/c1-6-9-13(20-5-22(2)14(9)25)26-10(6)12(24)21-8-3-7(15(16,17)18)4-19-11(8)23/h3-5H,1-2H3,(H,19,23)(H,21,24). The van der Waals surface area contributed by atoms with Crippen LogP contribution in [0, 0.1) is 6.92 Å². The molecule has 0 atom stereocenters. The number of thiophene rings is 1. The maximum Gasteiger partial charge on any atom is 0.417 e. The Labute approximate surface area is 147 Å². The molecular formula is C15H11F3N4O3S. The monoisotopic (exact) mass is 384 g/mol. The van der Waals surface area contributed by atoms with Crippen molar-refractivity contribution in [2.45, 2.75) is 13.1 Å². The molecule has 26 heavy (non-hydrogen) atoms. The summed E-state index contributed by atoms with van der Waals surface area (Å²) < 4.78 is 39.6. The largest absolute Gasteiger partial charge is 0.417 e. The van der Waals surface area contributed by atoms with Crippen LogP contribution in [0.1, 0.15) is 20.8 Å². The van der Waals surface area contributed by atoms with Gasteiger partial charge in [0.2, 0.25) is 0 Å². The SMILES string of the molecule is Cc1c(C(=O)Nc2cc(C(F)(F)F)c[nH]c2=O)sc2ncn(C)c(=O)c12. The second-order valence-corrected chi connectivity index (χ2v) is 6.48. The predicted molar refractivity (Wildman–Crippen MR) is 89.6 cm³/mol. The number of amides is 1. The van der Waals surface area contributed by atoms with Crippen LogP contribution in [0.2, 0.25) is 0 Å². The molecule has 0 radical (unpaired) electrons.